The Hall–Kier alpha value is -3.60. The summed E-state index contributed by atoms with van der Waals surface area (Å²) < 4.78 is 6.02. The first-order valence-corrected chi connectivity index (χ1v) is 13.8. The van der Waals surface area contributed by atoms with E-state index in [0.29, 0.717) is 18.7 Å². The maximum Gasteiger partial charge on any atom is 0.261 e. The number of nitrogens with zero attached hydrogens (tertiary/aromatic N) is 1. The van der Waals surface area contributed by atoms with Crippen molar-refractivity contribution in [2.24, 2.45) is 0 Å². The minimum absolute atomic E-state index is 0.0899. The molecule has 0 bridgehead atoms. The Balaban J connectivity index is 1.62. The van der Waals surface area contributed by atoms with Crippen LogP contribution in [0.25, 0.3) is 0 Å². The molecular formula is C33H40N2O3. The van der Waals surface area contributed by atoms with Crippen LogP contribution >= 0.6 is 0 Å². The quantitative estimate of drug-likeness (QED) is 0.358. The van der Waals surface area contributed by atoms with Crippen LogP contribution in [0.4, 0.5) is 0 Å². The smallest absolute Gasteiger partial charge is 0.261 e. The molecule has 5 nitrogen and oxygen atoms in total. The third kappa shape index (κ3) is 7.70. The molecule has 0 heterocycles. The van der Waals surface area contributed by atoms with Gasteiger partial charge in [0.25, 0.3) is 5.91 Å². The lowest BCUT2D eigenvalue weighted by molar-refractivity contribution is -0.143. The molecule has 1 aliphatic carbocycles. The van der Waals surface area contributed by atoms with E-state index in [0.717, 1.165) is 53.5 Å². The van der Waals surface area contributed by atoms with Gasteiger partial charge < -0.3 is 15.0 Å². The molecule has 1 saturated carbocycles. The van der Waals surface area contributed by atoms with E-state index in [-0.39, 0.29) is 24.5 Å². The third-order valence-electron chi connectivity index (χ3n) is 7.39. The Morgan fingerprint density at radius 3 is 2.26 bits per heavy atom. The van der Waals surface area contributed by atoms with Crippen LogP contribution in [0.2, 0.25) is 0 Å². The zero-order chi connectivity index (χ0) is 26.9. The molecule has 1 N–H and O–H groups in total. The Bertz CT molecular complexity index is 1200. The van der Waals surface area contributed by atoms with Gasteiger partial charge in [-0.05, 0) is 61.9 Å². The van der Waals surface area contributed by atoms with Crippen LogP contribution < -0.4 is 10.1 Å². The first-order valence-electron chi connectivity index (χ1n) is 13.8. The summed E-state index contributed by atoms with van der Waals surface area (Å²) in [4.78, 5) is 29.4. The number of rotatable bonds is 10. The second-order valence-corrected chi connectivity index (χ2v) is 10.6. The summed E-state index contributed by atoms with van der Waals surface area (Å²) in [5.74, 6) is 0.402. The summed E-state index contributed by atoms with van der Waals surface area (Å²) in [5.41, 5.74) is 5.21. The van der Waals surface area contributed by atoms with E-state index < -0.39 is 6.04 Å². The fourth-order valence-electron chi connectivity index (χ4n) is 5.07. The Morgan fingerprint density at radius 2 is 1.55 bits per heavy atom. The van der Waals surface area contributed by atoms with Crippen LogP contribution in [0.1, 0.15) is 59.9 Å². The lowest BCUT2D eigenvalue weighted by Crippen LogP contribution is -2.53. The van der Waals surface area contributed by atoms with Crippen LogP contribution in [0.5, 0.6) is 5.75 Å². The summed E-state index contributed by atoms with van der Waals surface area (Å²) in [5, 5.41) is 3.29. The fraction of sp³-hybridized carbons (Fsp3) is 0.394. The van der Waals surface area contributed by atoms with Gasteiger partial charge in [0.1, 0.15) is 11.8 Å². The van der Waals surface area contributed by atoms with Crippen LogP contribution in [0.15, 0.2) is 72.8 Å². The highest BCUT2D eigenvalue weighted by atomic mass is 16.5. The molecule has 0 radical (unpaired) electrons. The number of aryl methyl sites for hydroxylation is 3. The molecule has 3 aromatic carbocycles. The highest BCUT2D eigenvalue weighted by molar-refractivity contribution is 5.88. The number of ether oxygens (including phenoxy) is 1. The van der Waals surface area contributed by atoms with Crippen molar-refractivity contribution in [1.29, 1.82) is 0 Å². The molecule has 1 unspecified atom stereocenters. The second kappa shape index (κ2) is 13.3. The maximum absolute atomic E-state index is 13.8. The van der Waals surface area contributed by atoms with Gasteiger partial charge in [-0.25, -0.2) is 0 Å². The number of hydrogen-bond donors (Lipinski definition) is 1. The molecule has 1 aliphatic rings. The summed E-state index contributed by atoms with van der Waals surface area (Å²) in [6.07, 6.45) is 5.90. The Morgan fingerprint density at radius 1 is 0.868 bits per heavy atom. The predicted molar refractivity (Wildman–Crippen MR) is 152 cm³/mol. The van der Waals surface area contributed by atoms with E-state index in [1.54, 1.807) is 4.90 Å². The van der Waals surface area contributed by atoms with Gasteiger partial charge >= 0.3 is 0 Å². The average Bonchev–Trinajstić information content (AvgIpc) is 2.93. The summed E-state index contributed by atoms with van der Waals surface area (Å²) in [6, 6.07) is 23.6. The number of carbonyl (C=O) groups excluding carboxylic acids is 2. The summed E-state index contributed by atoms with van der Waals surface area (Å²) in [7, 11) is 0. The van der Waals surface area contributed by atoms with Crippen molar-refractivity contribution in [1.82, 2.24) is 10.2 Å². The maximum atomic E-state index is 13.8. The molecule has 200 valence electrons. The zero-order valence-electron chi connectivity index (χ0n) is 22.9. The van der Waals surface area contributed by atoms with Crippen LogP contribution in [-0.2, 0) is 22.6 Å². The standard InChI is InChI=1S/C33H40N2O3/c1-24-15-18-28(19-16-24)22-35(32(36)23-38-31-20-25(2)14-17-26(31)3)30(21-27-10-6-4-7-11-27)33(37)34-29-12-8-5-9-13-29/h4,6-7,10-11,14-20,29-30H,5,8-9,12-13,21-23H2,1-3H3,(H,34,37). The second-order valence-electron chi connectivity index (χ2n) is 10.6. The molecule has 0 spiro atoms. The van der Waals surface area contributed by atoms with Gasteiger partial charge in [0, 0.05) is 19.0 Å². The molecule has 1 atom stereocenters. The van der Waals surface area contributed by atoms with Gasteiger partial charge in [0.2, 0.25) is 5.91 Å². The number of hydrogen-bond acceptors (Lipinski definition) is 3. The van der Waals surface area contributed by atoms with E-state index >= 15 is 0 Å². The predicted octanol–water partition coefficient (Wildman–Crippen LogP) is 6.08. The molecule has 0 saturated heterocycles. The van der Waals surface area contributed by atoms with Gasteiger partial charge in [-0.2, -0.15) is 0 Å². The highest BCUT2D eigenvalue weighted by Crippen LogP contribution is 2.22. The number of carbonyl (C=O) groups is 2. The van der Waals surface area contributed by atoms with E-state index in [2.05, 4.69) is 5.32 Å². The van der Waals surface area contributed by atoms with E-state index in [4.69, 9.17) is 4.74 Å². The molecule has 38 heavy (non-hydrogen) atoms. The van der Waals surface area contributed by atoms with E-state index in [1.807, 2.05) is 93.6 Å². The topological polar surface area (TPSA) is 58.6 Å². The molecule has 2 amide bonds. The third-order valence-corrected chi connectivity index (χ3v) is 7.39. The van der Waals surface area contributed by atoms with Crippen molar-refractivity contribution in [3.8, 4) is 5.75 Å². The molecule has 0 aliphatic heterocycles. The van der Waals surface area contributed by atoms with Gasteiger partial charge in [-0.15, -0.1) is 0 Å². The SMILES string of the molecule is Cc1ccc(CN(C(=O)COc2cc(C)ccc2C)C(Cc2ccccc2)C(=O)NC2CCCCC2)cc1. The number of benzene rings is 3. The molecule has 1 fully saturated rings. The number of amides is 2. The lowest BCUT2D eigenvalue weighted by atomic mass is 9.94. The normalized spacial score (nSPS) is 14.5. The molecule has 4 rings (SSSR count). The molecular weight excluding hydrogens is 472 g/mol. The monoisotopic (exact) mass is 512 g/mol. The Kier molecular flexibility index (Phi) is 9.58. The molecule has 0 aromatic heterocycles. The minimum Gasteiger partial charge on any atom is -0.483 e. The average molecular weight is 513 g/mol. The highest BCUT2D eigenvalue weighted by Gasteiger charge is 2.32. The van der Waals surface area contributed by atoms with Crippen molar-refractivity contribution in [3.63, 3.8) is 0 Å². The number of nitrogens with one attached hydrogen (secondary N) is 1. The Labute approximate surface area is 227 Å². The van der Waals surface area contributed by atoms with Gasteiger partial charge in [0.05, 0.1) is 0 Å². The van der Waals surface area contributed by atoms with E-state index in [9.17, 15) is 9.59 Å². The van der Waals surface area contributed by atoms with Crippen molar-refractivity contribution < 1.29 is 14.3 Å². The first-order chi connectivity index (χ1) is 18.4. The fourth-order valence-corrected chi connectivity index (χ4v) is 5.07. The molecule has 3 aromatic rings. The summed E-state index contributed by atoms with van der Waals surface area (Å²) >= 11 is 0. The first kappa shape index (κ1) is 27.4. The summed E-state index contributed by atoms with van der Waals surface area (Å²) in [6.45, 7) is 6.23. The van der Waals surface area contributed by atoms with Crippen molar-refractivity contribution in [2.75, 3.05) is 6.61 Å². The molecule has 5 heteroatoms. The van der Waals surface area contributed by atoms with Crippen LogP contribution in [0.3, 0.4) is 0 Å². The van der Waals surface area contributed by atoms with Gasteiger partial charge in [0.15, 0.2) is 6.61 Å². The largest absolute Gasteiger partial charge is 0.483 e. The van der Waals surface area contributed by atoms with Crippen molar-refractivity contribution in [3.05, 3.63) is 101 Å². The zero-order valence-corrected chi connectivity index (χ0v) is 22.9. The van der Waals surface area contributed by atoms with Gasteiger partial charge in [-0.1, -0.05) is 91.6 Å². The minimum atomic E-state index is -0.643. The lowest BCUT2D eigenvalue weighted by Gasteiger charge is -2.33. The van der Waals surface area contributed by atoms with Crippen molar-refractivity contribution in [2.45, 2.75) is 77.9 Å². The van der Waals surface area contributed by atoms with E-state index in [1.165, 1.54) is 6.42 Å². The van der Waals surface area contributed by atoms with Crippen molar-refractivity contribution >= 4 is 11.8 Å². The van der Waals surface area contributed by atoms with Crippen LogP contribution in [-0.4, -0.2) is 35.4 Å². The van der Waals surface area contributed by atoms with Crippen LogP contribution in [0, 0.1) is 20.8 Å². The van der Waals surface area contributed by atoms with Gasteiger partial charge in [-0.3, -0.25) is 9.59 Å².